The summed E-state index contributed by atoms with van der Waals surface area (Å²) in [7, 11) is 2.94. The number of para-hydroxylation sites is 1. The third kappa shape index (κ3) is 4.01. The lowest BCUT2D eigenvalue weighted by Gasteiger charge is -2.14. The topological polar surface area (TPSA) is 93.1 Å². The Morgan fingerprint density at radius 1 is 1.18 bits per heavy atom. The van der Waals surface area contributed by atoms with Gasteiger partial charge < -0.3 is 14.6 Å². The monoisotopic (exact) mass is 399 g/mol. The summed E-state index contributed by atoms with van der Waals surface area (Å²) in [5.74, 6) is -0.459. The lowest BCUT2D eigenvalue weighted by molar-refractivity contribution is -0.121. The predicted molar refractivity (Wildman–Crippen MR) is 104 cm³/mol. The molecule has 0 aromatic heterocycles. The fourth-order valence-electron chi connectivity index (χ4n) is 2.55. The Morgan fingerprint density at radius 3 is 2.46 bits per heavy atom. The predicted octanol–water partition coefficient (Wildman–Crippen LogP) is 3.64. The SMILES string of the molecule is COc1cccc(/C=C2\SC(=O)N(C)C2=O)c1OCc1ccc(C(=O)O)cc1. The molecule has 1 heterocycles. The summed E-state index contributed by atoms with van der Waals surface area (Å²) in [6, 6.07) is 11.6. The normalized spacial score (nSPS) is 15.2. The Bertz CT molecular complexity index is 967. The molecule has 1 fully saturated rings. The van der Waals surface area contributed by atoms with E-state index < -0.39 is 5.97 Å². The lowest BCUT2D eigenvalue weighted by Crippen LogP contribution is -2.22. The average molecular weight is 399 g/mol. The van der Waals surface area contributed by atoms with Crippen molar-refractivity contribution in [1.82, 2.24) is 4.90 Å². The van der Waals surface area contributed by atoms with E-state index in [-0.39, 0.29) is 23.3 Å². The van der Waals surface area contributed by atoms with Gasteiger partial charge in [-0.15, -0.1) is 0 Å². The molecule has 0 spiro atoms. The summed E-state index contributed by atoms with van der Waals surface area (Å²) >= 11 is 0.864. The molecule has 1 saturated heterocycles. The number of hydrogen-bond donors (Lipinski definition) is 1. The maximum Gasteiger partial charge on any atom is 0.335 e. The van der Waals surface area contributed by atoms with Crippen molar-refractivity contribution in [3.8, 4) is 11.5 Å². The van der Waals surface area contributed by atoms with Gasteiger partial charge in [-0.2, -0.15) is 0 Å². The molecule has 1 aliphatic heterocycles. The van der Waals surface area contributed by atoms with Crippen molar-refractivity contribution in [1.29, 1.82) is 0 Å². The number of amides is 2. The molecule has 0 atom stereocenters. The van der Waals surface area contributed by atoms with E-state index >= 15 is 0 Å². The molecule has 0 saturated carbocycles. The quantitative estimate of drug-likeness (QED) is 0.741. The van der Waals surface area contributed by atoms with Crippen LogP contribution < -0.4 is 9.47 Å². The van der Waals surface area contributed by atoms with Crippen LogP contribution >= 0.6 is 11.8 Å². The third-order valence-corrected chi connectivity index (χ3v) is 5.05. The molecule has 7 nitrogen and oxygen atoms in total. The number of carboxylic acids is 1. The Hall–Kier alpha value is -3.26. The minimum atomic E-state index is -0.996. The summed E-state index contributed by atoms with van der Waals surface area (Å²) in [6.07, 6.45) is 1.60. The Morgan fingerprint density at radius 2 is 1.89 bits per heavy atom. The van der Waals surface area contributed by atoms with Crippen molar-refractivity contribution >= 4 is 35.0 Å². The van der Waals surface area contributed by atoms with Gasteiger partial charge in [-0.25, -0.2) is 4.79 Å². The highest BCUT2D eigenvalue weighted by atomic mass is 32.2. The zero-order valence-corrected chi connectivity index (χ0v) is 16.0. The van der Waals surface area contributed by atoms with E-state index in [2.05, 4.69) is 0 Å². The van der Waals surface area contributed by atoms with Crippen LogP contribution in [0.25, 0.3) is 6.08 Å². The van der Waals surface area contributed by atoms with Crippen LogP contribution in [0.3, 0.4) is 0 Å². The van der Waals surface area contributed by atoms with E-state index in [0.29, 0.717) is 22.0 Å². The number of rotatable bonds is 6. The molecule has 2 aromatic carbocycles. The van der Waals surface area contributed by atoms with Gasteiger partial charge in [0, 0.05) is 12.6 Å². The Labute approximate surface area is 165 Å². The van der Waals surface area contributed by atoms with Crippen LogP contribution in [0.15, 0.2) is 47.4 Å². The molecule has 144 valence electrons. The Balaban J connectivity index is 1.87. The fourth-order valence-corrected chi connectivity index (χ4v) is 3.37. The van der Waals surface area contributed by atoms with Crippen molar-refractivity contribution in [3.63, 3.8) is 0 Å². The van der Waals surface area contributed by atoms with E-state index in [4.69, 9.17) is 14.6 Å². The summed E-state index contributed by atoms with van der Waals surface area (Å²) in [5, 5.41) is 8.64. The minimum absolute atomic E-state index is 0.177. The molecule has 2 aromatic rings. The maximum absolute atomic E-state index is 12.1. The molecular formula is C20H17NO6S. The van der Waals surface area contributed by atoms with Crippen LogP contribution in [-0.4, -0.2) is 41.3 Å². The number of methoxy groups -OCH3 is 1. The smallest absolute Gasteiger partial charge is 0.335 e. The van der Waals surface area contributed by atoms with Crippen molar-refractivity contribution in [2.75, 3.05) is 14.2 Å². The highest BCUT2D eigenvalue weighted by Crippen LogP contribution is 2.37. The molecule has 0 unspecified atom stereocenters. The molecule has 0 aliphatic carbocycles. The van der Waals surface area contributed by atoms with Crippen LogP contribution in [0.2, 0.25) is 0 Å². The first-order valence-electron chi connectivity index (χ1n) is 8.24. The van der Waals surface area contributed by atoms with E-state index in [1.807, 2.05) is 0 Å². The van der Waals surface area contributed by atoms with E-state index in [1.165, 1.54) is 26.3 Å². The number of carbonyl (C=O) groups is 3. The first-order valence-corrected chi connectivity index (χ1v) is 9.06. The van der Waals surface area contributed by atoms with Crippen molar-refractivity contribution in [3.05, 3.63) is 64.1 Å². The molecule has 1 N–H and O–H groups in total. The van der Waals surface area contributed by atoms with Crippen LogP contribution in [-0.2, 0) is 11.4 Å². The molecule has 0 radical (unpaired) electrons. The number of carboxylic acid groups (broad SMARTS) is 1. The van der Waals surface area contributed by atoms with Crippen LogP contribution in [0.4, 0.5) is 4.79 Å². The standard InChI is InChI=1S/C20H17NO6S/c1-21-18(22)16(28-20(21)25)10-14-4-3-5-15(26-2)17(14)27-11-12-6-8-13(9-7-12)19(23)24/h3-10H,11H2,1-2H3,(H,23,24)/b16-10-. The highest BCUT2D eigenvalue weighted by Gasteiger charge is 2.32. The average Bonchev–Trinajstić information content (AvgIpc) is 2.93. The van der Waals surface area contributed by atoms with Gasteiger partial charge in [0.2, 0.25) is 0 Å². The number of nitrogens with zero attached hydrogens (tertiary/aromatic N) is 1. The van der Waals surface area contributed by atoms with Crippen LogP contribution in [0.5, 0.6) is 11.5 Å². The number of ether oxygens (including phenoxy) is 2. The molecule has 3 rings (SSSR count). The lowest BCUT2D eigenvalue weighted by atomic mass is 10.1. The molecule has 8 heteroatoms. The summed E-state index contributed by atoms with van der Waals surface area (Å²) in [6.45, 7) is 0.177. The number of carbonyl (C=O) groups excluding carboxylic acids is 2. The molecular weight excluding hydrogens is 382 g/mol. The summed E-state index contributed by atoms with van der Waals surface area (Å²) in [5.41, 5.74) is 1.56. The maximum atomic E-state index is 12.1. The van der Waals surface area contributed by atoms with E-state index in [0.717, 1.165) is 22.2 Å². The summed E-state index contributed by atoms with van der Waals surface area (Å²) in [4.78, 5) is 36.2. The van der Waals surface area contributed by atoms with Gasteiger partial charge >= 0.3 is 5.97 Å². The molecule has 0 bridgehead atoms. The zero-order valence-electron chi connectivity index (χ0n) is 15.2. The first kappa shape index (κ1) is 19.5. The first-order chi connectivity index (χ1) is 13.4. The van der Waals surface area contributed by atoms with Gasteiger partial charge in [-0.3, -0.25) is 14.5 Å². The highest BCUT2D eigenvalue weighted by molar-refractivity contribution is 8.18. The number of thioether (sulfide) groups is 1. The van der Waals surface area contributed by atoms with Gasteiger partial charge in [0.25, 0.3) is 11.1 Å². The number of likely N-dealkylation sites (N-methyl/N-ethyl adjacent to an activating group) is 1. The van der Waals surface area contributed by atoms with Crippen molar-refractivity contribution in [2.24, 2.45) is 0 Å². The van der Waals surface area contributed by atoms with Gasteiger partial charge in [0.15, 0.2) is 11.5 Å². The van der Waals surface area contributed by atoms with Crippen LogP contribution in [0.1, 0.15) is 21.5 Å². The van der Waals surface area contributed by atoms with Gasteiger partial charge in [0.05, 0.1) is 17.6 Å². The van der Waals surface area contributed by atoms with Gasteiger partial charge in [-0.05, 0) is 41.6 Å². The number of aromatic carboxylic acids is 1. The molecule has 1 aliphatic rings. The number of imide groups is 1. The Kier molecular flexibility index (Phi) is 5.70. The minimum Gasteiger partial charge on any atom is -0.493 e. The second-order valence-corrected chi connectivity index (χ2v) is 6.90. The number of hydrogen-bond acceptors (Lipinski definition) is 6. The van der Waals surface area contributed by atoms with Gasteiger partial charge in [-0.1, -0.05) is 24.3 Å². The van der Waals surface area contributed by atoms with Gasteiger partial charge in [0.1, 0.15) is 6.61 Å². The zero-order chi connectivity index (χ0) is 20.3. The van der Waals surface area contributed by atoms with Crippen LogP contribution in [0, 0.1) is 0 Å². The molecule has 28 heavy (non-hydrogen) atoms. The second kappa shape index (κ2) is 8.18. The van der Waals surface area contributed by atoms with Crippen molar-refractivity contribution < 1.29 is 29.0 Å². The van der Waals surface area contributed by atoms with E-state index in [1.54, 1.807) is 36.4 Å². The molecule has 2 amide bonds. The largest absolute Gasteiger partial charge is 0.493 e. The van der Waals surface area contributed by atoms with E-state index in [9.17, 15) is 14.4 Å². The summed E-state index contributed by atoms with van der Waals surface area (Å²) < 4.78 is 11.3. The fraction of sp³-hybridized carbons (Fsp3) is 0.150. The third-order valence-electron chi connectivity index (χ3n) is 4.09. The number of benzene rings is 2. The second-order valence-electron chi connectivity index (χ2n) is 5.91. The van der Waals surface area contributed by atoms with Crippen molar-refractivity contribution in [2.45, 2.75) is 6.61 Å².